The van der Waals surface area contributed by atoms with Crippen LogP contribution < -0.4 is 10.6 Å². The van der Waals surface area contributed by atoms with Gasteiger partial charge in [-0.15, -0.1) is 0 Å². The minimum atomic E-state index is 0.671. The summed E-state index contributed by atoms with van der Waals surface area (Å²) in [5.74, 6) is 1.02. The van der Waals surface area contributed by atoms with Gasteiger partial charge in [0, 0.05) is 24.8 Å². The van der Waals surface area contributed by atoms with Gasteiger partial charge in [-0.2, -0.15) is 0 Å². The Morgan fingerprint density at radius 1 is 1.19 bits per heavy atom. The standard InChI is InChI=1S/C14H22N2/c1-12(11-13-7-8-13)15-9-10-16-14-5-3-2-4-6-14/h2-6,12-13,15-16H,7-11H2,1H3. The first-order valence-electron chi connectivity index (χ1n) is 6.37. The van der Waals surface area contributed by atoms with Gasteiger partial charge in [-0.1, -0.05) is 31.0 Å². The first-order chi connectivity index (χ1) is 7.84. The van der Waals surface area contributed by atoms with Gasteiger partial charge in [-0.05, 0) is 31.4 Å². The van der Waals surface area contributed by atoms with Crippen molar-refractivity contribution in [3.05, 3.63) is 30.3 Å². The Labute approximate surface area is 98.4 Å². The average molecular weight is 218 g/mol. The van der Waals surface area contributed by atoms with Crippen LogP contribution in [0.2, 0.25) is 0 Å². The summed E-state index contributed by atoms with van der Waals surface area (Å²) in [6, 6.07) is 11.0. The molecular weight excluding hydrogens is 196 g/mol. The third-order valence-electron chi connectivity index (χ3n) is 3.10. The van der Waals surface area contributed by atoms with Crippen LogP contribution in [0.1, 0.15) is 26.2 Å². The predicted octanol–water partition coefficient (Wildman–Crippen LogP) is 2.88. The zero-order valence-corrected chi connectivity index (χ0v) is 10.1. The molecule has 1 saturated carbocycles. The highest BCUT2D eigenvalue weighted by atomic mass is 15.0. The Balaban J connectivity index is 1.54. The number of benzene rings is 1. The van der Waals surface area contributed by atoms with E-state index in [0.29, 0.717) is 6.04 Å². The fraction of sp³-hybridized carbons (Fsp3) is 0.571. The zero-order chi connectivity index (χ0) is 11.2. The Morgan fingerprint density at radius 3 is 2.62 bits per heavy atom. The molecule has 2 N–H and O–H groups in total. The molecule has 1 aromatic carbocycles. The van der Waals surface area contributed by atoms with Gasteiger partial charge in [0.05, 0.1) is 0 Å². The fourth-order valence-corrected chi connectivity index (χ4v) is 2.02. The molecule has 1 aliphatic rings. The first-order valence-corrected chi connectivity index (χ1v) is 6.37. The topological polar surface area (TPSA) is 24.1 Å². The molecule has 1 unspecified atom stereocenters. The first kappa shape index (κ1) is 11.5. The lowest BCUT2D eigenvalue weighted by atomic mass is 10.1. The highest BCUT2D eigenvalue weighted by Crippen LogP contribution is 2.33. The van der Waals surface area contributed by atoms with Gasteiger partial charge in [0.25, 0.3) is 0 Å². The Bertz CT molecular complexity index is 293. The average Bonchev–Trinajstić information content (AvgIpc) is 3.10. The summed E-state index contributed by atoms with van der Waals surface area (Å²) in [4.78, 5) is 0. The molecule has 0 heterocycles. The summed E-state index contributed by atoms with van der Waals surface area (Å²) >= 11 is 0. The Morgan fingerprint density at radius 2 is 1.94 bits per heavy atom. The maximum Gasteiger partial charge on any atom is 0.0340 e. The van der Waals surface area contributed by atoms with E-state index in [0.717, 1.165) is 19.0 Å². The van der Waals surface area contributed by atoms with Crippen molar-refractivity contribution in [3.8, 4) is 0 Å². The molecule has 2 heteroatoms. The van der Waals surface area contributed by atoms with E-state index in [-0.39, 0.29) is 0 Å². The van der Waals surface area contributed by atoms with Crippen molar-refractivity contribution in [2.75, 3.05) is 18.4 Å². The van der Waals surface area contributed by atoms with E-state index in [9.17, 15) is 0 Å². The van der Waals surface area contributed by atoms with Crippen LogP contribution in [0.4, 0.5) is 5.69 Å². The molecule has 0 aliphatic heterocycles. The largest absolute Gasteiger partial charge is 0.384 e. The second kappa shape index (κ2) is 5.90. The molecule has 0 radical (unpaired) electrons. The van der Waals surface area contributed by atoms with Crippen LogP contribution in [0.3, 0.4) is 0 Å². The van der Waals surface area contributed by atoms with Crippen LogP contribution in [0.15, 0.2) is 30.3 Å². The molecule has 1 fully saturated rings. The van der Waals surface area contributed by atoms with Crippen LogP contribution in [-0.2, 0) is 0 Å². The summed E-state index contributed by atoms with van der Waals surface area (Å²) in [5, 5.41) is 6.97. The minimum absolute atomic E-state index is 0.671. The molecular formula is C14H22N2. The van der Waals surface area contributed by atoms with Crippen LogP contribution in [0.5, 0.6) is 0 Å². The molecule has 1 aromatic rings. The zero-order valence-electron chi connectivity index (χ0n) is 10.1. The number of anilines is 1. The molecule has 1 aliphatic carbocycles. The van der Waals surface area contributed by atoms with Gasteiger partial charge in [-0.25, -0.2) is 0 Å². The number of hydrogen-bond donors (Lipinski definition) is 2. The van der Waals surface area contributed by atoms with Crippen molar-refractivity contribution in [2.24, 2.45) is 5.92 Å². The van der Waals surface area contributed by atoms with Crippen molar-refractivity contribution < 1.29 is 0 Å². The van der Waals surface area contributed by atoms with E-state index in [1.165, 1.54) is 24.9 Å². The lowest BCUT2D eigenvalue weighted by molar-refractivity contribution is 0.497. The Hall–Kier alpha value is -1.02. The van der Waals surface area contributed by atoms with E-state index in [4.69, 9.17) is 0 Å². The molecule has 88 valence electrons. The van der Waals surface area contributed by atoms with E-state index in [1.54, 1.807) is 0 Å². The third-order valence-corrected chi connectivity index (χ3v) is 3.10. The number of hydrogen-bond acceptors (Lipinski definition) is 2. The van der Waals surface area contributed by atoms with Gasteiger partial charge in [0.15, 0.2) is 0 Å². The van der Waals surface area contributed by atoms with Gasteiger partial charge in [0.2, 0.25) is 0 Å². The lowest BCUT2D eigenvalue weighted by Gasteiger charge is -2.13. The monoisotopic (exact) mass is 218 g/mol. The fourth-order valence-electron chi connectivity index (χ4n) is 2.02. The molecule has 0 bridgehead atoms. The van der Waals surface area contributed by atoms with E-state index >= 15 is 0 Å². The summed E-state index contributed by atoms with van der Waals surface area (Å²) in [6.07, 6.45) is 4.26. The lowest BCUT2D eigenvalue weighted by Crippen LogP contribution is -2.31. The van der Waals surface area contributed by atoms with Gasteiger partial charge >= 0.3 is 0 Å². The third kappa shape index (κ3) is 4.23. The molecule has 1 atom stereocenters. The van der Waals surface area contributed by atoms with E-state index in [2.05, 4.69) is 41.8 Å². The maximum absolute atomic E-state index is 3.56. The normalized spacial score (nSPS) is 17.1. The summed E-state index contributed by atoms with van der Waals surface area (Å²) < 4.78 is 0. The van der Waals surface area contributed by atoms with Crippen LogP contribution in [-0.4, -0.2) is 19.1 Å². The molecule has 0 amide bonds. The molecule has 16 heavy (non-hydrogen) atoms. The molecule has 0 aromatic heterocycles. The molecule has 2 nitrogen and oxygen atoms in total. The summed E-state index contributed by atoms with van der Waals surface area (Å²) in [5.41, 5.74) is 1.21. The van der Waals surface area contributed by atoms with Gasteiger partial charge in [-0.3, -0.25) is 0 Å². The van der Waals surface area contributed by atoms with Crippen LogP contribution >= 0.6 is 0 Å². The van der Waals surface area contributed by atoms with Crippen molar-refractivity contribution in [1.29, 1.82) is 0 Å². The SMILES string of the molecule is CC(CC1CC1)NCCNc1ccccc1. The smallest absolute Gasteiger partial charge is 0.0340 e. The predicted molar refractivity (Wildman–Crippen MR) is 69.7 cm³/mol. The van der Waals surface area contributed by atoms with Gasteiger partial charge < -0.3 is 10.6 Å². The number of nitrogens with one attached hydrogen (secondary N) is 2. The molecule has 0 spiro atoms. The highest BCUT2D eigenvalue weighted by molar-refractivity contribution is 5.42. The molecule has 2 rings (SSSR count). The summed E-state index contributed by atoms with van der Waals surface area (Å²) in [7, 11) is 0. The van der Waals surface area contributed by atoms with Gasteiger partial charge in [0.1, 0.15) is 0 Å². The second-order valence-electron chi connectivity index (χ2n) is 4.83. The number of para-hydroxylation sites is 1. The van der Waals surface area contributed by atoms with Crippen molar-refractivity contribution >= 4 is 5.69 Å². The van der Waals surface area contributed by atoms with Crippen molar-refractivity contribution in [3.63, 3.8) is 0 Å². The molecule has 0 saturated heterocycles. The minimum Gasteiger partial charge on any atom is -0.384 e. The maximum atomic E-state index is 3.56. The van der Waals surface area contributed by atoms with Crippen molar-refractivity contribution in [2.45, 2.75) is 32.2 Å². The number of rotatable bonds is 7. The van der Waals surface area contributed by atoms with E-state index < -0.39 is 0 Å². The quantitative estimate of drug-likeness (QED) is 0.688. The highest BCUT2D eigenvalue weighted by Gasteiger charge is 2.22. The Kier molecular flexibility index (Phi) is 4.23. The van der Waals surface area contributed by atoms with Crippen molar-refractivity contribution in [1.82, 2.24) is 5.32 Å². The van der Waals surface area contributed by atoms with Crippen LogP contribution in [0, 0.1) is 5.92 Å². The van der Waals surface area contributed by atoms with E-state index in [1.807, 2.05) is 6.07 Å². The van der Waals surface area contributed by atoms with Crippen LogP contribution in [0.25, 0.3) is 0 Å². The summed E-state index contributed by atoms with van der Waals surface area (Å²) in [6.45, 7) is 4.34. The second-order valence-corrected chi connectivity index (χ2v) is 4.83.